The number of hydrogen-bond acceptors (Lipinski definition) is 1. The summed E-state index contributed by atoms with van der Waals surface area (Å²) in [7, 11) is 0. The van der Waals surface area contributed by atoms with E-state index in [2.05, 4.69) is 11.1 Å². The summed E-state index contributed by atoms with van der Waals surface area (Å²) in [6, 6.07) is 12.1. The molecule has 5 heteroatoms. The van der Waals surface area contributed by atoms with Crippen molar-refractivity contribution >= 4 is 34.0 Å². The zero-order chi connectivity index (χ0) is 18.1. The highest BCUT2D eigenvalue weighted by molar-refractivity contribution is 6.30. The molecular formula is C21H18ClFN2O. The van der Waals surface area contributed by atoms with Crippen LogP contribution in [0.2, 0.25) is 5.02 Å². The maximum absolute atomic E-state index is 13.6. The Morgan fingerprint density at radius 2 is 2.00 bits per heavy atom. The number of benzene rings is 2. The molecule has 1 N–H and O–H groups in total. The van der Waals surface area contributed by atoms with Gasteiger partial charge in [-0.1, -0.05) is 29.8 Å². The Hall–Kier alpha value is -2.59. The van der Waals surface area contributed by atoms with Gasteiger partial charge in [-0.15, -0.1) is 0 Å². The van der Waals surface area contributed by atoms with E-state index in [1.54, 1.807) is 24.3 Å². The van der Waals surface area contributed by atoms with Crippen molar-refractivity contribution < 1.29 is 9.18 Å². The Balaban J connectivity index is 1.48. The summed E-state index contributed by atoms with van der Waals surface area (Å²) in [6.45, 7) is 1.24. The highest BCUT2D eigenvalue weighted by Crippen LogP contribution is 2.29. The van der Waals surface area contributed by atoms with Gasteiger partial charge in [-0.05, 0) is 47.9 Å². The molecule has 3 aromatic rings. The number of aromatic amines is 1. The van der Waals surface area contributed by atoms with Crippen LogP contribution in [0.15, 0.2) is 54.7 Å². The van der Waals surface area contributed by atoms with E-state index in [1.165, 1.54) is 6.07 Å². The summed E-state index contributed by atoms with van der Waals surface area (Å²) in [5.74, 6) is -0.137. The third-order valence-electron chi connectivity index (χ3n) is 4.82. The molecule has 0 spiro atoms. The van der Waals surface area contributed by atoms with Crippen molar-refractivity contribution in [3.05, 3.63) is 76.7 Å². The number of nitrogens with one attached hydrogen (secondary N) is 1. The summed E-state index contributed by atoms with van der Waals surface area (Å²) in [6.07, 6.45) is 5.12. The Bertz CT molecular complexity index is 991. The van der Waals surface area contributed by atoms with Gasteiger partial charge in [-0.2, -0.15) is 0 Å². The number of fused-ring (bicyclic) bond motifs is 1. The van der Waals surface area contributed by atoms with Crippen molar-refractivity contribution in [1.29, 1.82) is 0 Å². The molecule has 1 amide bonds. The largest absolute Gasteiger partial charge is 0.361 e. The molecule has 0 saturated heterocycles. The van der Waals surface area contributed by atoms with Crippen molar-refractivity contribution in [3.63, 3.8) is 0 Å². The van der Waals surface area contributed by atoms with E-state index < -0.39 is 0 Å². The van der Waals surface area contributed by atoms with Gasteiger partial charge in [0.2, 0.25) is 5.91 Å². The van der Waals surface area contributed by atoms with Crippen LogP contribution in [0.4, 0.5) is 4.39 Å². The molecule has 2 heterocycles. The Labute approximate surface area is 156 Å². The molecular weight excluding hydrogens is 351 g/mol. The van der Waals surface area contributed by atoms with E-state index in [1.807, 2.05) is 23.2 Å². The third kappa shape index (κ3) is 3.37. The van der Waals surface area contributed by atoms with Gasteiger partial charge in [-0.25, -0.2) is 4.39 Å². The minimum Gasteiger partial charge on any atom is -0.361 e. The Morgan fingerprint density at radius 3 is 2.73 bits per heavy atom. The van der Waals surface area contributed by atoms with Crippen LogP contribution in [0, 0.1) is 5.82 Å². The molecule has 26 heavy (non-hydrogen) atoms. The fourth-order valence-corrected chi connectivity index (χ4v) is 3.51. The van der Waals surface area contributed by atoms with E-state index in [-0.39, 0.29) is 11.7 Å². The molecule has 1 aliphatic rings. The number of H-pyrrole nitrogens is 1. The van der Waals surface area contributed by atoms with Gasteiger partial charge in [0.25, 0.3) is 0 Å². The van der Waals surface area contributed by atoms with Gasteiger partial charge in [0.1, 0.15) is 5.82 Å². The van der Waals surface area contributed by atoms with Gasteiger partial charge in [0.05, 0.1) is 6.42 Å². The second-order valence-electron chi connectivity index (χ2n) is 6.51. The molecule has 1 aromatic heterocycles. The quantitative estimate of drug-likeness (QED) is 0.707. The van der Waals surface area contributed by atoms with Crippen LogP contribution in [0.25, 0.3) is 16.5 Å². The van der Waals surface area contributed by atoms with Gasteiger partial charge in [0, 0.05) is 40.8 Å². The van der Waals surface area contributed by atoms with Gasteiger partial charge in [-0.3, -0.25) is 4.79 Å². The number of halogens is 2. The monoisotopic (exact) mass is 368 g/mol. The molecule has 2 aromatic carbocycles. The van der Waals surface area contributed by atoms with E-state index in [0.29, 0.717) is 24.5 Å². The van der Waals surface area contributed by atoms with E-state index in [0.717, 1.165) is 34.0 Å². The average molecular weight is 369 g/mol. The Kier molecular flexibility index (Phi) is 4.51. The lowest BCUT2D eigenvalue weighted by Crippen LogP contribution is -2.35. The lowest BCUT2D eigenvalue weighted by atomic mass is 9.98. The standard InChI is InChI=1S/C21H18ClFN2O/c22-16-3-1-14(2-4-16)11-21(26)25-9-7-15(8-10-25)19-13-24-20-6-5-17(23)12-18(19)20/h1-7,12-13,24H,8-11H2. The first-order valence-corrected chi connectivity index (χ1v) is 8.96. The van der Waals surface area contributed by atoms with Crippen LogP contribution in [0.3, 0.4) is 0 Å². The van der Waals surface area contributed by atoms with E-state index in [4.69, 9.17) is 11.6 Å². The van der Waals surface area contributed by atoms with Crippen molar-refractivity contribution in [2.75, 3.05) is 13.1 Å². The van der Waals surface area contributed by atoms with Crippen molar-refractivity contribution in [1.82, 2.24) is 9.88 Å². The highest BCUT2D eigenvalue weighted by Gasteiger charge is 2.19. The summed E-state index contributed by atoms with van der Waals surface area (Å²) in [5.41, 5.74) is 4.05. The number of aromatic nitrogens is 1. The predicted molar refractivity (Wildman–Crippen MR) is 103 cm³/mol. The molecule has 0 fully saturated rings. The first-order chi connectivity index (χ1) is 12.6. The normalized spacial score (nSPS) is 14.5. The summed E-state index contributed by atoms with van der Waals surface area (Å²) >= 11 is 5.88. The number of carbonyl (C=O) groups is 1. The van der Waals surface area contributed by atoms with Crippen LogP contribution in [0.5, 0.6) is 0 Å². The number of nitrogens with zero attached hydrogens (tertiary/aromatic N) is 1. The molecule has 132 valence electrons. The molecule has 0 saturated carbocycles. The Morgan fingerprint density at radius 1 is 1.19 bits per heavy atom. The smallest absolute Gasteiger partial charge is 0.227 e. The SMILES string of the molecule is O=C(Cc1ccc(Cl)cc1)N1CC=C(c2c[nH]c3ccc(F)cc23)CC1. The molecule has 4 rings (SSSR count). The predicted octanol–water partition coefficient (Wildman–Crippen LogP) is 4.82. The fraction of sp³-hybridized carbons (Fsp3) is 0.190. The van der Waals surface area contributed by atoms with Crippen LogP contribution in [-0.4, -0.2) is 28.9 Å². The molecule has 0 atom stereocenters. The maximum Gasteiger partial charge on any atom is 0.227 e. The van der Waals surface area contributed by atoms with Gasteiger partial charge < -0.3 is 9.88 Å². The minimum absolute atomic E-state index is 0.104. The maximum atomic E-state index is 13.6. The third-order valence-corrected chi connectivity index (χ3v) is 5.07. The van der Waals surface area contributed by atoms with Crippen LogP contribution < -0.4 is 0 Å². The van der Waals surface area contributed by atoms with Crippen molar-refractivity contribution in [3.8, 4) is 0 Å². The minimum atomic E-state index is -0.241. The van der Waals surface area contributed by atoms with Crippen molar-refractivity contribution in [2.24, 2.45) is 0 Å². The zero-order valence-corrected chi connectivity index (χ0v) is 14.9. The molecule has 1 aliphatic heterocycles. The lowest BCUT2D eigenvalue weighted by molar-refractivity contribution is -0.130. The highest BCUT2D eigenvalue weighted by atomic mass is 35.5. The molecule has 0 bridgehead atoms. The fourth-order valence-electron chi connectivity index (χ4n) is 3.39. The summed E-state index contributed by atoms with van der Waals surface area (Å²) in [5, 5.41) is 1.55. The number of carbonyl (C=O) groups excluding carboxylic acids is 1. The van der Waals surface area contributed by atoms with Crippen LogP contribution in [0.1, 0.15) is 17.5 Å². The van der Waals surface area contributed by atoms with Crippen LogP contribution >= 0.6 is 11.6 Å². The average Bonchev–Trinajstić information content (AvgIpc) is 3.06. The second-order valence-corrected chi connectivity index (χ2v) is 6.95. The molecule has 0 radical (unpaired) electrons. The number of rotatable bonds is 3. The van der Waals surface area contributed by atoms with E-state index >= 15 is 0 Å². The number of hydrogen-bond donors (Lipinski definition) is 1. The molecule has 3 nitrogen and oxygen atoms in total. The second kappa shape index (κ2) is 6.96. The number of amides is 1. The first kappa shape index (κ1) is 16.9. The molecule has 0 aliphatic carbocycles. The van der Waals surface area contributed by atoms with Gasteiger partial charge >= 0.3 is 0 Å². The topological polar surface area (TPSA) is 36.1 Å². The first-order valence-electron chi connectivity index (χ1n) is 8.58. The zero-order valence-electron chi connectivity index (χ0n) is 14.1. The summed E-state index contributed by atoms with van der Waals surface area (Å²) < 4.78 is 13.6. The van der Waals surface area contributed by atoms with Crippen LogP contribution in [-0.2, 0) is 11.2 Å². The lowest BCUT2D eigenvalue weighted by Gasteiger charge is -2.26. The summed E-state index contributed by atoms with van der Waals surface area (Å²) in [4.78, 5) is 17.6. The molecule has 0 unspecified atom stereocenters. The van der Waals surface area contributed by atoms with E-state index in [9.17, 15) is 9.18 Å². The van der Waals surface area contributed by atoms with Crippen molar-refractivity contribution in [2.45, 2.75) is 12.8 Å². The van der Waals surface area contributed by atoms with Gasteiger partial charge in [0.15, 0.2) is 0 Å².